The van der Waals surface area contributed by atoms with Gasteiger partial charge in [0.25, 0.3) is 0 Å². The molecular weight excluding hydrogens is 803 g/mol. The van der Waals surface area contributed by atoms with Crippen molar-refractivity contribution in [2.75, 3.05) is 48.0 Å². The summed E-state index contributed by atoms with van der Waals surface area (Å²) in [6.07, 6.45) is -3.97. The summed E-state index contributed by atoms with van der Waals surface area (Å²) < 4.78 is 11.9. The first kappa shape index (κ1) is 54.4. The number of hydrogen-bond acceptors (Lipinski definition) is 12. The van der Waals surface area contributed by atoms with Gasteiger partial charge in [0.1, 0.15) is 24.3 Å². The van der Waals surface area contributed by atoms with Gasteiger partial charge in [0.05, 0.1) is 55.4 Å². The van der Waals surface area contributed by atoms with Crippen molar-refractivity contribution in [3.63, 3.8) is 0 Å². The molecule has 1 heterocycles. The number of nitrogens with zero attached hydrogens (tertiary/aromatic N) is 3. The molecule has 7 N–H and O–H groups in total. The zero-order valence-corrected chi connectivity index (χ0v) is 38.8. The van der Waals surface area contributed by atoms with E-state index in [0.29, 0.717) is 25.8 Å². The van der Waals surface area contributed by atoms with Crippen molar-refractivity contribution in [3.05, 3.63) is 35.9 Å². The lowest BCUT2D eigenvalue weighted by molar-refractivity contribution is -0.148. The van der Waals surface area contributed by atoms with E-state index in [4.69, 9.17) is 14.6 Å². The molecule has 354 valence electrons. The number of methoxy groups -OCH3 is 2. The smallest absolute Gasteiger partial charge is 0.326 e. The van der Waals surface area contributed by atoms with Gasteiger partial charge in [0, 0.05) is 40.8 Å². The van der Waals surface area contributed by atoms with Crippen LogP contribution in [0.2, 0.25) is 0 Å². The van der Waals surface area contributed by atoms with Gasteiger partial charge in [0.2, 0.25) is 23.6 Å². The normalized spacial score (nSPS) is 19.8. The Hall–Kier alpha value is -3.71. The predicted octanol–water partition coefficient (Wildman–Crippen LogP) is 1.28. The molecule has 17 heteroatoms. The predicted molar refractivity (Wildman–Crippen MR) is 234 cm³/mol. The number of aliphatic hydroxyl groups excluding tert-OH is 4. The molecule has 1 fully saturated rings. The molecule has 62 heavy (non-hydrogen) atoms. The summed E-state index contributed by atoms with van der Waals surface area (Å²) in [5, 5.41) is 54.9. The van der Waals surface area contributed by atoms with Gasteiger partial charge in [-0.05, 0) is 49.6 Å². The lowest BCUT2D eigenvalue weighted by Gasteiger charge is -2.41. The Morgan fingerprint density at radius 2 is 1.52 bits per heavy atom. The van der Waals surface area contributed by atoms with E-state index in [1.54, 1.807) is 60.0 Å². The maximum Gasteiger partial charge on any atom is 0.326 e. The Morgan fingerprint density at radius 3 is 2.03 bits per heavy atom. The third-order valence-corrected chi connectivity index (χ3v) is 12.5. The lowest BCUT2D eigenvalue weighted by atomic mass is 9.89. The van der Waals surface area contributed by atoms with Crippen LogP contribution in [0.25, 0.3) is 0 Å². The summed E-state index contributed by atoms with van der Waals surface area (Å²) in [5.41, 5.74) is 0.762. The maximum absolute atomic E-state index is 14.5. The zero-order valence-electron chi connectivity index (χ0n) is 38.8. The molecule has 17 nitrogen and oxygen atoms in total. The van der Waals surface area contributed by atoms with Gasteiger partial charge in [-0.2, -0.15) is 0 Å². The molecule has 0 radical (unpaired) electrons. The molecule has 4 amide bonds. The fourth-order valence-electron chi connectivity index (χ4n) is 8.65. The molecule has 1 aromatic rings. The van der Waals surface area contributed by atoms with Crippen molar-refractivity contribution >= 4 is 29.6 Å². The van der Waals surface area contributed by atoms with Gasteiger partial charge >= 0.3 is 5.97 Å². The van der Waals surface area contributed by atoms with E-state index in [-0.39, 0.29) is 55.4 Å². The number of amides is 4. The van der Waals surface area contributed by atoms with Crippen LogP contribution in [0.4, 0.5) is 0 Å². The van der Waals surface area contributed by atoms with Gasteiger partial charge in [-0.3, -0.25) is 24.1 Å². The average Bonchev–Trinajstić information content (AvgIpc) is 3.73. The molecule has 0 aliphatic carbocycles. The van der Waals surface area contributed by atoms with Gasteiger partial charge < -0.3 is 55.4 Å². The number of aliphatic hydroxyl groups is 4. The second-order valence-corrected chi connectivity index (χ2v) is 17.7. The summed E-state index contributed by atoms with van der Waals surface area (Å²) >= 11 is 0. The minimum atomic E-state index is -1.56. The van der Waals surface area contributed by atoms with Crippen LogP contribution in [0, 0.1) is 23.7 Å². The SMILES string of the molecule is CCC(C)C(C(CC(=O)N1CCCC1C(OC)C(C)C(=O)NC(Cc1ccccc1)C(=O)O)OC)N(C)C(=O)C(NC(=O)C(C(C)C)N(C)CCC(O)C(O)C(O)CO)C(C)C. The van der Waals surface area contributed by atoms with Crippen LogP contribution in [0.3, 0.4) is 0 Å². The highest BCUT2D eigenvalue weighted by Gasteiger charge is 2.43. The number of carbonyl (C=O) groups is 5. The van der Waals surface area contributed by atoms with Gasteiger partial charge in [-0.25, -0.2) is 4.79 Å². The third kappa shape index (κ3) is 14.9. The number of benzene rings is 1. The highest BCUT2D eigenvalue weighted by Crippen LogP contribution is 2.30. The first-order valence-electron chi connectivity index (χ1n) is 22.0. The highest BCUT2D eigenvalue weighted by molar-refractivity contribution is 5.90. The number of carboxylic acid groups (broad SMARTS) is 1. The lowest BCUT2D eigenvalue weighted by Crippen LogP contribution is -2.60. The Balaban J connectivity index is 2.27. The second kappa shape index (κ2) is 26.2. The van der Waals surface area contributed by atoms with Gasteiger partial charge in [0.15, 0.2) is 0 Å². The molecule has 2 rings (SSSR count). The Kier molecular flexibility index (Phi) is 23.0. The summed E-state index contributed by atoms with van der Waals surface area (Å²) in [6.45, 7) is 12.9. The fourth-order valence-corrected chi connectivity index (χ4v) is 8.65. The number of carbonyl (C=O) groups excluding carboxylic acids is 4. The number of rotatable bonds is 27. The number of ether oxygens (including phenoxy) is 2. The van der Waals surface area contributed by atoms with Gasteiger partial charge in [-0.15, -0.1) is 0 Å². The summed E-state index contributed by atoms with van der Waals surface area (Å²) in [6, 6.07) is 5.15. The fraction of sp³-hybridized carbons (Fsp3) is 0.756. The van der Waals surface area contributed by atoms with Crippen molar-refractivity contribution in [1.29, 1.82) is 0 Å². The van der Waals surface area contributed by atoms with Crippen LogP contribution < -0.4 is 10.6 Å². The number of nitrogens with one attached hydrogen (secondary N) is 2. The molecule has 1 saturated heterocycles. The zero-order chi connectivity index (χ0) is 47.0. The van der Waals surface area contributed by atoms with Crippen molar-refractivity contribution in [3.8, 4) is 0 Å². The Morgan fingerprint density at radius 1 is 0.887 bits per heavy atom. The molecule has 0 saturated carbocycles. The van der Waals surface area contributed by atoms with Crippen LogP contribution in [-0.2, 0) is 39.9 Å². The maximum atomic E-state index is 14.5. The number of carboxylic acids is 1. The standard InChI is InChI=1S/C45H77N5O12/c1-12-28(6)39(49(9)44(58)37(26(2)3)47-43(57)38(27(4)5)48(8)22-20-33(52)40(55)34(53)25-51)35(61-10)24-36(54)50-21-16-19-32(50)41(62-11)29(7)42(56)46-31(45(59)60)23-30-17-14-13-15-18-30/h13-15,17-18,26-29,31-35,37-41,51-53,55H,12,16,19-25H2,1-11H3,(H,46,56)(H,47,57)(H,59,60). The number of likely N-dealkylation sites (N-methyl/N-ethyl adjacent to an activating group) is 2. The van der Waals surface area contributed by atoms with E-state index in [9.17, 15) is 44.4 Å². The van der Waals surface area contributed by atoms with E-state index < -0.39 is 91.0 Å². The Labute approximate surface area is 368 Å². The number of likely N-dealkylation sites (tertiary alicyclic amines) is 1. The second-order valence-electron chi connectivity index (χ2n) is 17.7. The minimum Gasteiger partial charge on any atom is -0.480 e. The van der Waals surface area contributed by atoms with Crippen molar-refractivity contribution in [2.45, 2.75) is 148 Å². The largest absolute Gasteiger partial charge is 0.480 e. The molecule has 0 bridgehead atoms. The van der Waals surface area contributed by atoms with Crippen LogP contribution in [0.15, 0.2) is 30.3 Å². The van der Waals surface area contributed by atoms with Crippen LogP contribution in [-0.4, -0.2) is 179 Å². The molecule has 12 atom stereocenters. The monoisotopic (exact) mass is 880 g/mol. The molecule has 0 spiro atoms. The van der Waals surface area contributed by atoms with Crippen molar-refractivity contribution in [1.82, 2.24) is 25.3 Å². The summed E-state index contributed by atoms with van der Waals surface area (Å²) in [7, 11) is 6.32. The average molecular weight is 880 g/mol. The minimum absolute atomic E-state index is 0.00920. The van der Waals surface area contributed by atoms with Crippen LogP contribution >= 0.6 is 0 Å². The van der Waals surface area contributed by atoms with E-state index in [2.05, 4.69) is 10.6 Å². The highest BCUT2D eigenvalue weighted by atomic mass is 16.5. The van der Waals surface area contributed by atoms with E-state index in [1.165, 1.54) is 14.2 Å². The van der Waals surface area contributed by atoms with Crippen LogP contribution in [0.1, 0.15) is 86.1 Å². The summed E-state index contributed by atoms with van der Waals surface area (Å²) in [4.78, 5) is 73.4. The molecular formula is C45H77N5O12. The van der Waals surface area contributed by atoms with E-state index in [1.807, 2.05) is 47.6 Å². The molecule has 0 aromatic heterocycles. The Bertz CT molecular complexity index is 1550. The molecule has 1 aliphatic rings. The van der Waals surface area contributed by atoms with E-state index >= 15 is 0 Å². The van der Waals surface area contributed by atoms with Gasteiger partial charge in [-0.1, -0.05) is 85.2 Å². The van der Waals surface area contributed by atoms with Crippen molar-refractivity contribution < 1.29 is 59.0 Å². The number of aliphatic carboxylic acids is 1. The summed E-state index contributed by atoms with van der Waals surface area (Å²) in [5.74, 6) is -4.14. The molecule has 1 aromatic carbocycles. The first-order chi connectivity index (χ1) is 29.2. The van der Waals surface area contributed by atoms with Crippen molar-refractivity contribution in [2.24, 2.45) is 23.7 Å². The van der Waals surface area contributed by atoms with E-state index in [0.717, 1.165) is 5.56 Å². The molecule has 12 unspecified atom stereocenters. The molecule has 1 aliphatic heterocycles. The topological polar surface area (TPSA) is 239 Å². The first-order valence-corrected chi connectivity index (χ1v) is 22.0. The number of hydrogen-bond donors (Lipinski definition) is 7. The third-order valence-electron chi connectivity index (χ3n) is 12.5. The quantitative estimate of drug-likeness (QED) is 0.0661. The van der Waals surface area contributed by atoms with Crippen LogP contribution in [0.5, 0.6) is 0 Å².